The van der Waals surface area contributed by atoms with Crippen LogP contribution in [0.5, 0.6) is 0 Å². The first-order valence-electron chi connectivity index (χ1n) is 11.2. The maximum absolute atomic E-state index is 11.5. The molecule has 0 spiro atoms. The Balaban J connectivity index is 1.72. The summed E-state index contributed by atoms with van der Waals surface area (Å²) in [4.78, 5) is 16.3. The zero-order chi connectivity index (χ0) is 25.2. The Morgan fingerprint density at radius 2 is 1.89 bits per heavy atom. The van der Waals surface area contributed by atoms with Crippen molar-refractivity contribution in [3.8, 4) is 34.0 Å². The number of halogens is 1. The molecule has 2 N–H and O–H groups in total. The summed E-state index contributed by atoms with van der Waals surface area (Å²) in [6.07, 6.45) is 1.73. The molecule has 36 heavy (non-hydrogen) atoms. The number of thioether (sulfide) groups is 1. The van der Waals surface area contributed by atoms with E-state index in [1.807, 2.05) is 65.2 Å². The van der Waals surface area contributed by atoms with Gasteiger partial charge in [-0.3, -0.25) is 9.36 Å². The predicted molar refractivity (Wildman–Crippen MR) is 145 cm³/mol. The number of rotatable bonds is 8. The van der Waals surface area contributed by atoms with Gasteiger partial charge in [0, 0.05) is 17.1 Å². The fourth-order valence-corrected chi connectivity index (χ4v) is 4.80. The van der Waals surface area contributed by atoms with Crippen LogP contribution >= 0.6 is 23.4 Å². The molecule has 3 heterocycles. The summed E-state index contributed by atoms with van der Waals surface area (Å²) < 4.78 is 8.09. The highest BCUT2D eigenvalue weighted by Crippen LogP contribution is 2.42. The number of carbonyl (C=O) groups is 1. The third-order valence-electron chi connectivity index (χ3n) is 5.56. The van der Waals surface area contributed by atoms with Crippen molar-refractivity contribution in [1.29, 1.82) is 0 Å². The van der Waals surface area contributed by atoms with Gasteiger partial charge in [-0.15, -0.1) is 16.8 Å². The third-order valence-corrected chi connectivity index (χ3v) is 6.92. The van der Waals surface area contributed by atoms with E-state index >= 15 is 0 Å². The number of hydrogen-bond acceptors (Lipinski definition) is 7. The molecular weight excluding hydrogens is 494 g/mol. The highest BCUT2D eigenvalue weighted by Gasteiger charge is 2.25. The van der Waals surface area contributed by atoms with Crippen LogP contribution in [-0.2, 0) is 11.3 Å². The van der Waals surface area contributed by atoms with Gasteiger partial charge in [-0.2, -0.15) is 0 Å². The van der Waals surface area contributed by atoms with Crippen LogP contribution in [0, 0.1) is 0 Å². The minimum atomic E-state index is 0.0457. The minimum Gasteiger partial charge on any atom is -0.432 e. The number of ketones is 1. The summed E-state index contributed by atoms with van der Waals surface area (Å²) in [6, 6.07) is 19.4. The van der Waals surface area contributed by atoms with Gasteiger partial charge in [0.1, 0.15) is 5.78 Å². The van der Waals surface area contributed by atoms with Gasteiger partial charge in [-0.1, -0.05) is 71.9 Å². The van der Waals surface area contributed by atoms with Crippen LogP contribution in [0.15, 0.2) is 82.9 Å². The first-order valence-corrected chi connectivity index (χ1v) is 12.5. The van der Waals surface area contributed by atoms with Crippen molar-refractivity contribution in [3.05, 3.63) is 78.3 Å². The molecule has 5 aromatic rings. The summed E-state index contributed by atoms with van der Waals surface area (Å²) >= 11 is 7.40. The number of hydrogen-bond donors (Lipinski definition) is 1. The topological polar surface area (TPSA) is 99.8 Å². The van der Waals surface area contributed by atoms with Gasteiger partial charge in [0.15, 0.2) is 10.9 Å². The standard InChI is InChI=1S/C27H22ClN5O2S/c1-3-13-33-25(31-32-27(33)36-15-16(2)34)24-23(29)22-20(17-7-5-4-6-8-17)14-21(30-26(22)35-24)18-9-11-19(28)12-10-18/h3-12,14H,1,13,15,29H2,2H3. The average Bonchev–Trinajstić information content (AvgIpc) is 3.43. The quantitative estimate of drug-likeness (QED) is 0.185. The fourth-order valence-electron chi connectivity index (χ4n) is 3.92. The van der Waals surface area contributed by atoms with Crippen molar-refractivity contribution in [2.24, 2.45) is 0 Å². The van der Waals surface area contributed by atoms with E-state index in [-0.39, 0.29) is 11.5 Å². The summed E-state index contributed by atoms with van der Waals surface area (Å²) in [5, 5.41) is 10.5. The Bertz CT molecular complexity index is 1580. The summed E-state index contributed by atoms with van der Waals surface area (Å²) in [6.45, 7) is 5.80. The van der Waals surface area contributed by atoms with E-state index in [2.05, 4.69) is 16.8 Å². The van der Waals surface area contributed by atoms with Gasteiger partial charge in [0.25, 0.3) is 0 Å². The molecule has 0 saturated carbocycles. The maximum Gasteiger partial charge on any atom is 0.230 e. The molecule has 0 bridgehead atoms. The number of anilines is 1. The number of carbonyl (C=O) groups excluding carboxylic acids is 1. The van der Waals surface area contributed by atoms with Crippen LogP contribution < -0.4 is 5.73 Å². The van der Waals surface area contributed by atoms with E-state index in [1.165, 1.54) is 18.7 Å². The van der Waals surface area contributed by atoms with Crippen molar-refractivity contribution in [2.45, 2.75) is 18.6 Å². The second kappa shape index (κ2) is 10.0. The lowest BCUT2D eigenvalue weighted by molar-refractivity contribution is -0.114. The van der Waals surface area contributed by atoms with E-state index in [1.54, 1.807) is 6.08 Å². The number of benzene rings is 2. The van der Waals surface area contributed by atoms with E-state index in [4.69, 9.17) is 26.7 Å². The lowest BCUT2D eigenvalue weighted by Crippen LogP contribution is -2.03. The molecule has 2 aromatic carbocycles. The Hall–Kier alpha value is -3.88. The number of nitrogen functional groups attached to an aromatic ring is 1. The molecule has 7 nitrogen and oxygen atoms in total. The SMILES string of the molecule is C=CCn1c(SCC(C)=O)nnc1-c1oc2nc(-c3ccc(Cl)cc3)cc(-c3ccccc3)c2c1N. The molecule has 180 valence electrons. The van der Waals surface area contributed by atoms with Crippen LogP contribution in [0.4, 0.5) is 5.69 Å². The van der Waals surface area contributed by atoms with Crippen LogP contribution in [-0.4, -0.2) is 31.3 Å². The fraction of sp³-hybridized carbons (Fsp3) is 0.111. The summed E-state index contributed by atoms with van der Waals surface area (Å²) in [5.74, 6) is 1.15. The smallest absolute Gasteiger partial charge is 0.230 e. The third kappa shape index (κ3) is 4.53. The normalized spacial score (nSPS) is 11.2. The molecule has 5 rings (SSSR count). The molecule has 0 saturated heterocycles. The van der Waals surface area contributed by atoms with Gasteiger partial charge in [-0.25, -0.2) is 4.98 Å². The van der Waals surface area contributed by atoms with Crippen molar-refractivity contribution < 1.29 is 9.21 Å². The number of nitrogens with two attached hydrogens (primary N) is 1. The first-order chi connectivity index (χ1) is 17.5. The van der Waals surface area contributed by atoms with Gasteiger partial charge in [-0.05, 0) is 36.2 Å². The molecule has 3 aromatic heterocycles. The molecule has 0 aliphatic carbocycles. The minimum absolute atomic E-state index is 0.0457. The predicted octanol–water partition coefficient (Wildman–Crippen LogP) is 6.52. The number of aromatic nitrogens is 4. The molecule has 0 fully saturated rings. The van der Waals surface area contributed by atoms with E-state index in [0.29, 0.717) is 45.1 Å². The Morgan fingerprint density at radius 1 is 1.14 bits per heavy atom. The molecule has 0 radical (unpaired) electrons. The second-order valence-corrected chi connectivity index (χ2v) is 9.53. The molecule has 0 aliphatic heterocycles. The monoisotopic (exact) mass is 515 g/mol. The molecular formula is C27H22ClN5O2S. The van der Waals surface area contributed by atoms with E-state index in [0.717, 1.165) is 22.4 Å². The van der Waals surface area contributed by atoms with Crippen molar-refractivity contribution >= 4 is 45.9 Å². The lowest BCUT2D eigenvalue weighted by atomic mass is 9.99. The van der Waals surface area contributed by atoms with E-state index in [9.17, 15) is 4.79 Å². The Kier molecular flexibility index (Phi) is 6.63. The van der Waals surface area contributed by atoms with Crippen LogP contribution in [0.25, 0.3) is 45.1 Å². The molecule has 9 heteroatoms. The Morgan fingerprint density at radius 3 is 2.58 bits per heavy atom. The van der Waals surface area contributed by atoms with Gasteiger partial charge < -0.3 is 10.2 Å². The van der Waals surface area contributed by atoms with Crippen molar-refractivity contribution in [3.63, 3.8) is 0 Å². The number of nitrogens with zero attached hydrogens (tertiary/aromatic N) is 4. The van der Waals surface area contributed by atoms with Crippen LogP contribution in [0.3, 0.4) is 0 Å². The average molecular weight is 516 g/mol. The number of pyridine rings is 1. The van der Waals surface area contributed by atoms with Gasteiger partial charge in [0.05, 0.1) is 22.5 Å². The van der Waals surface area contributed by atoms with E-state index < -0.39 is 0 Å². The first kappa shape index (κ1) is 23.8. The van der Waals surface area contributed by atoms with Crippen LogP contribution in [0.2, 0.25) is 5.02 Å². The van der Waals surface area contributed by atoms with Crippen LogP contribution in [0.1, 0.15) is 6.92 Å². The number of furan rings is 1. The zero-order valence-electron chi connectivity index (χ0n) is 19.4. The highest BCUT2D eigenvalue weighted by atomic mass is 35.5. The maximum atomic E-state index is 11.5. The summed E-state index contributed by atoms with van der Waals surface area (Å²) in [5.41, 5.74) is 11.0. The van der Waals surface area contributed by atoms with Gasteiger partial charge >= 0.3 is 0 Å². The lowest BCUT2D eigenvalue weighted by Gasteiger charge is -2.08. The number of Topliss-reactive ketones (excluding diaryl/α,β-unsaturated/α-hetero) is 1. The summed E-state index contributed by atoms with van der Waals surface area (Å²) in [7, 11) is 0. The largest absolute Gasteiger partial charge is 0.432 e. The molecule has 0 unspecified atom stereocenters. The van der Waals surface area contributed by atoms with Gasteiger partial charge in [0.2, 0.25) is 11.5 Å². The zero-order valence-corrected chi connectivity index (χ0v) is 21.0. The molecule has 0 amide bonds. The van der Waals surface area contributed by atoms with Crippen molar-refractivity contribution in [1.82, 2.24) is 19.7 Å². The second-order valence-electron chi connectivity index (χ2n) is 8.15. The molecule has 0 aliphatic rings. The Labute approximate surface area is 217 Å². The van der Waals surface area contributed by atoms with Crippen molar-refractivity contribution in [2.75, 3.05) is 11.5 Å². The molecule has 0 atom stereocenters. The highest BCUT2D eigenvalue weighted by molar-refractivity contribution is 7.99. The number of fused-ring (bicyclic) bond motifs is 1. The number of allylic oxidation sites excluding steroid dienone is 1.